The Morgan fingerprint density at radius 2 is 1.52 bits per heavy atom. The zero-order chi connectivity index (χ0) is 17.0. The van der Waals surface area contributed by atoms with E-state index in [4.69, 9.17) is 4.74 Å². The Morgan fingerprint density at radius 1 is 0.957 bits per heavy atom. The molecule has 0 aliphatic carbocycles. The number of ether oxygens (including phenoxy) is 1. The number of rotatable bonds is 6. The second kappa shape index (κ2) is 7.15. The lowest BCUT2D eigenvalue weighted by atomic mass is 9.97. The predicted molar refractivity (Wildman–Crippen MR) is 92.1 cm³/mol. The molecule has 0 saturated carbocycles. The van der Waals surface area contributed by atoms with Crippen molar-refractivity contribution in [2.45, 2.75) is 31.7 Å². The highest BCUT2D eigenvalue weighted by atomic mass is 32.2. The minimum atomic E-state index is -3.57. The molecule has 23 heavy (non-hydrogen) atoms. The molecule has 0 aliphatic rings. The molecule has 1 atom stereocenters. The maximum atomic E-state index is 12.6. The number of nitrogens with one attached hydrogen (secondary N) is 1. The fourth-order valence-corrected chi connectivity index (χ4v) is 3.73. The van der Waals surface area contributed by atoms with Crippen LogP contribution in [0.15, 0.2) is 53.4 Å². The zero-order valence-corrected chi connectivity index (χ0v) is 14.7. The SMILES string of the molecule is COc1ccc([C@@H](NS(=O)(=O)c2ccc(C)cc2)C(C)C)cc1. The average molecular weight is 333 g/mol. The van der Waals surface area contributed by atoms with Crippen LogP contribution in [0.25, 0.3) is 0 Å². The molecule has 0 fully saturated rings. The van der Waals surface area contributed by atoms with E-state index in [1.54, 1.807) is 31.4 Å². The van der Waals surface area contributed by atoms with Crippen LogP contribution in [0, 0.1) is 12.8 Å². The van der Waals surface area contributed by atoms with Gasteiger partial charge in [-0.1, -0.05) is 43.7 Å². The van der Waals surface area contributed by atoms with E-state index in [1.165, 1.54) is 0 Å². The van der Waals surface area contributed by atoms with Crippen LogP contribution < -0.4 is 9.46 Å². The molecule has 2 rings (SSSR count). The molecule has 0 heterocycles. The van der Waals surface area contributed by atoms with Gasteiger partial charge < -0.3 is 4.74 Å². The molecule has 0 spiro atoms. The van der Waals surface area contributed by atoms with Crippen LogP contribution in [0.3, 0.4) is 0 Å². The van der Waals surface area contributed by atoms with Crippen molar-refractivity contribution in [2.75, 3.05) is 7.11 Å². The van der Waals surface area contributed by atoms with Gasteiger partial charge in [0.1, 0.15) is 5.75 Å². The second-order valence-corrected chi connectivity index (χ2v) is 7.64. The predicted octanol–water partition coefficient (Wildman–Crippen LogP) is 3.68. The summed E-state index contributed by atoms with van der Waals surface area (Å²) in [5.74, 6) is 0.862. The van der Waals surface area contributed by atoms with Crippen LogP contribution in [0.2, 0.25) is 0 Å². The topological polar surface area (TPSA) is 55.4 Å². The Kier molecular flexibility index (Phi) is 5.44. The molecule has 2 aromatic rings. The largest absolute Gasteiger partial charge is 0.497 e. The van der Waals surface area contributed by atoms with Crippen LogP contribution in [0.1, 0.15) is 31.0 Å². The molecule has 0 bridgehead atoms. The number of sulfonamides is 1. The standard InChI is InChI=1S/C18H23NO3S/c1-13(2)18(15-7-9-16(22-4)10-8-15)19-23(20,21)17-11-5-14(3)6-12-17/h5-13,18-19H,1-4H3/t18-/m0/s1. The third kappa shape index (κ3) is 4.33. The fraction of sp³-hybridized carbons (Fsp3) is 0.333. The summed E-state index contributed by atoms with van der Waals surface area (Å²) in [5, 5.41) is 0. The first kappa shape index (κ1) is 17.5. The number of aryl methyl sites for hydroxylation is 1. The summed E-state index contributed by atoms with van der Waals surface area (Å²) >= 11 is 0. The molecular formula is C18H23NO3S. The van der Waals surface area contributed by atoms with Gasteiger partial charge >= 0.3 is 0 Å². The lowest BCUT2D eigenvalue weighted by Crippen LogP contribution is -2.31. The van der Waals surface area contributed by atoms with Crippen LogP contribution in [0.5, 0.6) is 5.75 Å². The molecule has 0 radical (unpaired) electrons. The minimum absolute atomic E-state index is 0.114. The molecule has 2 aromatic carbocycles. The van der Waals surface area contributed by atoms with E-state index in [9.17, 15) is 8.42 Å². The molecule has 1 N–H and O–H groups in total. The molecule has 0 amide bonds. The highest BCUT2D eigenvalue weighted by molar-refractivity contribution is 7.89. The monoisotopic (exact) mass is 333 g/mol. The normalized spacial score (nSPS) is 13.1. The van der Waals surface area contributed by atoms with Gasteiger partial charge in [0.2, 0.25) is 10.0 Å². The summed E-state index contributed by atoms with van der Waals surface area (Å²) in [6.07, 6.45) is 0. The zero-order valence-electron chi connectivity index (χ0n) is 13.9. The van der Waals surface area contributed by atoms with Gasteiger partial charge in [-0.2, -0.15) is 0 Å². The Balaban J connectivity index is 2.29. The number of hydrogen-bond donors (Lipinski definition) is 1. The summed E-state index contributed by atoms with van der Waals surface area (Å²) in [5.41, 5.74) is 1.94. The Bertz CT molecular complexity index is 735. The van der Waals surface area contributed by atoms with Crippen molar-refractivity contribution in [3.05, 3.63) is 59.7 Å². The van der Waals surface area contributed by atoms with E-state index < -0.39 is 10.0 Å². The smallest absolute Gasteiger partial charge is 0.241 e. The average Bonchev–Trinajstić information content (AvgIpc) is 2.53. The summed E-state index contributed by atoms with van der Waals surface area (Å²) in [4.78, 5) is 0.280. The van der Waals surface area contributed by atoms with Crippen LogP contribution >= 0.6 is 0 Å². The van der Waals surface area contributed by atoms with Crippen molar-refractivity contribution in [3.8, 4) is 5.75 Å². The van der Waals surface area contributed by atoms with Crippen LogP contribution in [0.4, 0.5) is 0 Å². The molecule has 124 valence electrons. The Hall–Kier alpha value is -1.85. The third-order valence-electron chi connectivity index (χ3n) is 3.75. The van der Waals surface area contributed by atoms with Crippen LogP contribution in [-0.4, -0.2) is 15.5 Å². The molecular weight excluding hydrogens is 310 g/mol. The van der Waals surface area contributed by atoms with Gasteiger partial charge in [-0.15, -0.1) is 0 Å². The Morgan fingerprint density at radius 3 is 2.00 bits per heavy atom. The maximum Gasteiger partial charge on any atom is 0.241 e. The van der Waals surface area contributed by atoms with E-state index in [1.807, 2.05) is 45.0 Å². The van der Waals surface area contributed by atoms with Gasteiger partial charge in [-0.25, -0.2) is 13.1 Å². The minimum Gasteiger partial charge on any atom is -0.497 e. The third-order valence-corrected chi connectivity index (χ3v) is 5.21. The summed E-state index contributed by atoms with van der Waals surface area (Å²) in [7, 11) is -1.96. The molecule has 4 nitrogen and oxygen atoms in total. The van der Waals surface area contributed by atoms with E-state index in [0.29, 0.717) is 0 Å². The molecule has 0 saturated heterocycles. The van der Waals surface area contributed by atoms with Crippen molar-refractivity contribution in [2.24, 2.45) is 5.92 Å². The van der Waals surface area contributed by atoms with Gasteiger partial charge in [0.25, 0.3) is 0 Å². The maximum absolute atomic E-state index is 12.6. The summed E-state index contributed by atoms with van der Waals surface area (Å²) in [6.45, 7) is 5.91. The molecule has 0 unspecified atom stereocenters. The van der Waals surface area contributed by atoms with Crippen molar-refractivity contribution >= 4 is 10.0 Å². The van der Waals surface area contributed by atoms with Gasteiger partial charge in [0.05, 0.1) is 12.0 Å². The molecule has 0 aromatic heterocycles. The van der Waals surface area contributed by atoms with E-state index in [0.717, 1.165) is 16.9 Å². The Labute approximate surface area is 138 Å². The van der Waals surface area contributed by atoms with E-state index >= 15 is 0 Å². The second-order valence-electron chi connectivity index (χ2n) is 5.93. The molecule has 0 aliphatic heterocycles. The highest BCUT2D eigenvalue weighted by Crippen LogP contribution is 2.26. The van der Waals surface area contributed by atoms with Gasteiger partial charge in [0, 0.05) is 6.04 Å². The van der Waals surface area contributed by atoms with Crippen molar-refractivity contribution < 1.29 is 13.2 Å². The fourth-order valence-electron chi connectivity index (χ4n) is 2.35. The first-order valence-corrected chi connectivity index (χ1v) is 9.05. The van der Waals surface area contributed by atoms with Gasteiger partial charge in [0.15, 0.2) is 0 Å². The summed E-state index contributed by atoms with van der Waals surface area (Å²) in [6, 6.07) is 14.0. The lowest BCUT2D eigenvalue weighted by molar-refractivity contribution is 0.413. The number of hydrogen-bond acceptors (Lipinski definition) is 3. The van der Waals surface area contributed by atoms with Crippen molar-refractivity contribution in [3.63, 3.8) is 0 Å². The van der Waals surface area contributed by atoms with Crippen molar-refractivity contribution in [1.29, 1.82) is 0 Å². The van der Waals surface area contributed by atoms with Gasteiger partial charge in [-0.3, -0.25) is 0 Å². The number of benzene rings is 2. The highest BCUT2D eigenvalue weighted by Gasteiger charge is 2.23. The van der Waals surface area contributed by atoms with E-state index in [-0.39, 0.29) is 16.9 Å². The number of methoxy groups -OCH3 is 1. The first-order valence-electron chi connectivity index (χ1n) is 7.56. The van der Waals surface area contributed by atoms with E-state index in [2.05, 4.69) is 4.72 Å². The summed E-state index contributed by atoms with van der Waals surface area (Å²) < 4.78 is 33.2. The molecule has 5 heteroatoms. The van der Waals surface area contributed by atoms with Gasteiger partial charge in [-0.05, 0) is 42.7 Å². The lowest BCUT2D eigenvalue weighted by Gasteiger charge is -2.23. The van der Waals surface area contributed by atoms with Crippen LogP contribution in [-0.2, 0) is 10.0 Å². The van der Waals surface area contributed by atoms with Crippen molar-refractivity contribution in [1.82, 2.24) is 4.72 Å². The quantitative estimate of drug-likeness (QED) is 0.877. The first-order chi connectivity index (χ1) is 10.8.